The molecule has 2 saturated heterocycles. The number of rotatable bonds is 7. The number of amides is 3. The standard InChI is InChI=1S/C25H25ClF3N3O6S/c1-38-25(35)30-7-6-22(33)32-15-3-4-16(32)12-17(11-15)39(36,37)21-8-13(2-5-18(21)26)24(34)31-14-9-19(27)23(29)20(28)10-14/h2,5,8-10,15-17H,3-4,6-7,11-12H2,1H3,(H,30,35)(H,31,34). The number of anilines is 1. The van der Waals surface area contributed by atoms with Crippen molar-refractivity contribution >= 4 is 45.0 Å². The number of nitrogens with one attached hydrogen (secondary N) is 2. The first kappa shape index (κ1) is 28.7. The van der Waals surface area contributed by atoms with Gasteiger partial charge in [0, 0.05) is 48.4 Å². The van der Waals surface area contributed by atoms with Crippen molar-refractivity contribution in [2.75, 3.05) is 19.0 Å². The predicted molar refractivity (Wildman–Crippen MR) is 135 cm³/mol. The van der Waals surface area contributed by atoms with Crippen molar-refractivity contribution in [3.8, 4) is 0 Å². The van der Waals surface area contributed by atoms with Crippen LogP contribution in [0.15, 0.2) is 35.2 Å². The van der Waals surface area contributed by atoms with E-state index in [4.69, 9.17) is 11.6 Å². The Morgan fingerprint density at radius 1 is 1.05 bits per heavy atom. The zero-order chi connectivity index (χ0) is 28.5. The van der Waals surface area contributed by atoms with Crippen molar-refractivity contribution in [1.29, 1.82) is 0 Å². The van der Waals surface area contributed by atoms with E-state index in [1.165, 1.54) is 19.2 Å². The van der Waals surface area contributed by atoms with Crippen molar-refractivity contribution in [3.63, 3.8) is 0 Å². The van der Waals surface area contributed by atoms with Crippen LogP contribution in [0.2, 0.25) is 5.02 Å². The number of fused-ring (bicyclic) bond motifs is 2. The third-order valence-corrected chi connectivity index (χ3v) is 9.61. The Morgan fingerprint density at radius 2 is 1.67 bits per heavy atom. The summed E-state index contributed by atoms with van der Waals surface area (Å²) in [6.45, 7) is 0.0881. The number of nitrogens with zero attached hydrogens (tertiary/aromatic N) is 1. The number of carbonyl (C=O) groups is 3. The maximum Gasteiger partial charge on any atom is 0.406 e. The Kier molecular flexibility index (Phi) is 8.40. The zero-order valence-electron chi connectivity index (χ0n) is 20.7. The second-order valence-electron chi connectivity index (χ2n) is 9.35. The van der Waals surface area contributed by atoms with E-state index in [-0.39, 0.29) is 65.0 Å². The molecule has 14 heteroatoms. The normalized spacial score (nSPS) is 20.4. The molecule has 2 N–H and O–H groups in total. The minimum atomic E-state index is -4.04. The second kappa shape index (κ2) is 11.4. The van der Waals surface area contributed by atoms with E-state index < -0.39 is 44.5 Å². The van der Waals surface area contributed by atoms with Gasteiger partial charge in [0.2, 0.25) is 5.91 Å². The number of ether oxygens (including phenoxy) is 1. The van der Waals surface area contributed by atoms with Crippen molar-refractivity contribution < 1.29 is 40.7 Å². The molecule has 39 heavy (non-hydrogen) atoms. The lowest BCUT2D eigenvalue weighted by molar-refractivity contribution is -0.135. The Hall–Kier alpha value is -3.32. The average Bonchev–Trinajstić information content (AvgIpc) is 3.15. The van der Waals surface area contributed by atoms with Gasteiger partial charge < -0.3 is 20.3 Å². The van der Waals surface area contributed by atoms with E-state index in [2.05, 4.69) is 15.4 Å². The first-order chi connectivity index (χ1) is 18.4. The summed E-state index contributed by atoms with van der Waals surface area (Å²) >= 11 is 6.23. The van der Waals surface area contributed by atoms with Gasteiger partial charge in [-0.15, -0.1) is 0 Å². The van der Waals surface area contributed by atoms with Crippen LogP contribution in [0.3, 0.4) is 0 Å². The van der Waals surface area contributed by atoms with Gasteiger partial charge in [0.15, 0.2) is 27.3 Å². The molecule has 2 aromatic carbocycles. The van der Waals surface area contributed by atoms with E-state index in [1.54, 1.807) is 4.90 Å². The molecule has 2 heterocycles. The van der Waals surface area contributed by atoms with E-state index in [1.807, 2.05) is 0 Å². The number of benzene rings is 2. The van der Waals surface area contributed by atoms with Crippen LogP contribution in [0.25, 0.3) is 0 Å². The number of piperidine rings is 1. The third kappa shape index (κ3) is 5.98. The third-order valence-electron chi connectivity index (χ3n) is 6.95. The molecule has 0 aromatic heterocycles. The van der Waals surface area contributed by atoms with Gasteiger partial charge in [0.1, 0.15) is 0 Å². The van der Waals surface area contributed by atoms with E-state index in [9.17, 15) is 36.0 Å². The highest BCUT2D eigenvalue weighted by Crippen LogP contribution is 2.41. The minimum Gasteiger partial charge on any atom is -0.453 e. The number of methoxy groups -OCH3 is 1. The first-order valence-electron chi connectivity index (χ1n) is 12.0. The molecule has 4 rings (SSSR count). The second-order valence-corrected chi connectivity index (χ2v) is 11.9. The molecule has 0 radical (unpaired) electrons. The van der Waals surface area contributed by atoms with Gasteiger partial charge in [-0.05, 0) is 43.9 Å². The summed E-state index contributed by atoms with van der Waals surface area (Å²) in [5, 5.41) is 3.69. The van der Waals surface area contributed by atoms with Gasteiger partial charge >= 0.3 is 6.09 Å². The van der Waals surface area contributed by atoms with Gasteiger partial charge in [0.05, 0.1) is 22.3 Å². The van der Waals surface area contributed by atoms with Gasteiger partial charge in [-0.3, -0.25) is 9.59 Å². The zero-order valence-corrected chi connectivity index (χ0v) is 22.3. The SMILES string of the molecule is COC(=O)NCCC(=O)N1C2CCC1CC(S(=O)(=O)c1cc(C(=O)Nc3cc(F)c(F)c(F)c3)ccc1Cl)C2. The molecule has 3 amide bonds. The number of sulfone groups is 1. The van der Waals surface area contributed by atoms with Crippen LogP contribution in [0.1, 0.15) is 42.5 Å². The van der Waals surface area contributed by atoms with Crippen molar-refractivity contribution in [3.05, 3.63) is 58.4 Å². The van der Waals surface area contributed by atoms with Crippen LogP contribution >= 0.6 is 11.6 Å². The van der Waals surface area contributed by atoms with Crippen molar-refractivity contribution in [2.45, 2.75) is 54.3 Å². The largest absolute Gasteiger partial charge is 0.453 e. The highest BCUT2D eigenvalue weighted by atomic mass is 35.5. The van der Waals surface area contributed by atoms with Crippen LogP contribution in [-0.2, 0) is 19.4 Å². The quantitative estimate of drug-likeness (QED) is 0.471. The van der Waals surface area contributed by atoms with E-state index in [0.717, 1.165) is 6.07 Å². The molecule has 0 aliphatic carbocycles. The summed E-state index contributed by atoms with van der Waals surface area (Å²) in [7, 11) is -2.83. The fourth-order valence-corrected chi connectivity index (χ4v) is 7.51. The molecule has 2 aliphatic rings. The van der Waals surface area contributed by atoms with E-state index in [0.29, 0.717) is 25.0 Å². The summed E-state index contributed by atoms with van der Waals surface area (Å²) in [6, 6.07) is 4.16. The number of carbonyl (C=O) groups excluding carboxylic acids is 3. The maximum atomic E-state index is 13.6. The molecule has 2 atom stereocenters. The molecule has 2 aromatic rings. The van der Waals surface area contributed by atoms with Gasteiger partial charge in [-0.2, -0.15) is 0 Å². The molecule has 2 bridgehead atoms. The summed E-state index contributed by atoms with van der Waals surface area (Å²) in [5.41, 5.74) is -0.497. The van der Waals surface area contributed by atoms with E-state index >= 15 is 0 Å². The fourth-order valence-electron chi connectivity index (χ4n) is 5.13. The van der Waals surface area contributed by atoms with Crippen LogP contribution in [0.4, 0.5) is 23.7 Å². The Balaban J connectivity index is 1.49. The Bertz CT molecular complexity index is 1390. The average molecular weight is 588 g/mol. The van der Waals surface area contributed by atoms with Crippen molar-refractivity contribution in [1.82, 2.24) is 10.2 Å². The maximum absolute atomic E-state index is 13.6. The summed E-state index contributed by atoms with van der Waals surface area (Å²) in [4.78, 5) is 38.1. The number of halogens is 4. The predicted octanol–water partition coefficient (Wildman–Crippen LogP) is 4.05. The van der Waals surface area contributed by atoms with Crippen molar-refractivity contribution in [2.24, 2.45) is 0 Å². The van der Waals surface area contributed by atoms with Crippen LogP contribution < -0.4 is 10.6 Å². The summed E-state index contributed by atoms with van der Waals surface area (Å²) < 4.78 is 72.0. The smallest absolute Gasteiger partial charge is 0.406 e. The molecule has 2 aliphatic heterocycles. The highest BCUT2D eigenvalue weighted by molar-refractivity contribution is 7.92. The molecule has 2 unspecified atom stereocenters. The molecular formula is C25H25ClF3N3O6S. The topological polar surface area (TPSA) is 122 Å². The molecule has 210 valence electrons. The molecular weight excluding hydrogens is 563 g/mol. The Morgan fingerprint density at radius 3 is 2.26 bits per heavy atom. The molecule has 0 saturated carbocycles. The summed E-state index contributed by atoms with van der Waals surface area (Å²) in [5.74, 6) is -5.75. The van der Waals surface area contributed by atoms with Gasteiger partial charge in [-0.1, -0.05) is 11.6 Å². The van der Waals surface area contributed by atoms with Gasteiger partial charge in [0.25, 0.3) is 5.91 Å². The number of hydrogen-bond donors (Lipinski definition) is 2. The lowest BCUT2D eigenvalue weighted by atomic mass is 10.0. The number of alkyl carbamates (subject to hydrolysis) is 1. The monoisotopic (exact) mass is 587 g/mol. The lowest BCUT2D eigenvalue weighted by Gasteiger charge is -2.39. The highest BCUT2D eigenvalue weighted by Gasteiger charge is 2.47. The molecule has 0 spiro atoms. The van der Waals surface area contributed by atoms with Crippen LogP contribution in [-0.4, -0.2) is 62.2 Å². The summed E-state index contributed by atoms with van der Waals surface area (Å²) in [6.07, 6.45) is 1.01. The van der Waals surface area contributed by atoms with Gasteiger partial charge in [-0.25, -0.2) is 26.4 Å². The van der Waals surface area contributed by atoms with Crippen LogP contribution in [0.5, 0.6) is 0 Å². The Labute approximate surface area is 227 Å². The molecule has 9 nitrogen and oxygen atoms in total. The fraction of sp³-hybridized carbons (Fsp3) is 0.400. The lowest BCUT2D eigenvalue weighted by Crippen LogP contribution is -2.50. The molecule has 2 fully saturated rings. The first-order valence-corrected chi connectivity index (χ1v) is 14.0. The number of hydrogen-bond acceptors (Lipinski definition) is 6. The minimum absolute atomic E-state index is 0.0460. The van der Waals surface area contributed by atoms with Crippen LogP contribution in [0, 0.1) is 17.5 Å².